The number of aryl methyl sites for hydroxylation is 2. The minimum Gasteiger partial charge on any atom is -0.334 e. The number of likely N-dealkylation sites (tertiary alicyclic amines) is 1. The lowest BCUT2D eigenvalue weighted by atomic mass is 9.98. The quantitative estimate of drug-likeness (QED) is 0.656. The molecule has 2 amide bonds. The molecule has 3 heterocycles. The van der Waals surface area contributed by atoms with Crippen molar-refractivity contribution < 1.29 is 4.79 Å². The molecule has 0 atom stereocenters. The second kappa shape index (κ2) is 8.52. The molecular formula is C22H27N7O. The molecule has 30 heavy (non-hydrogen) atoms. The summed E-state index contributed by atoms with van der Waals surface area (Å²) in [6.45, 7) is 6.47. The van der Waals surface area contributed by atoms with Crippen LogP contribution in [0, 0.1) is 12.8 Å². The van der Waals surface area contributed by atoms with E-state index >= 15 is 0 Å². The van der Waals surface area contributed by atoms with Crippen LogP contribution in [0.5, 0.6) is 0 Å². The van der Waals surface area contributed by atoms with E-state index in [1.165, 1.54) is 0 Å². The van der Waals surface area contributed by atoms with Gasteiger partial charge in [0.15, 0.2) is 0 Å². The highest BCUT2D eigenvalue weighted by atomic mass is 16.2. The Bertz CT molecular complexity index is 1040. The topological polar surface area (TPSA) is 88.0 Å². The Morgan fingerprint density at radius 1 is 1.27 bits per heavy atom. The molecule has 0 bridgehead atoms. The van der Waals surface area contributed by atoms with E-state index in [1.807, 2.05) is 36.3 Å². The van der Waals surface area contributed by atoms with Gasteiger partial charge in [0.05, 0.1) is 17.6 Å². The van der Waals surface area contributed by atoms with Gasteiger partial charge in [0.2, 0.25) is 5.95 Å². The molecule has 0 saturated carbocycles. The Morgan fingerprint density at radius 3 is 2.80 bits per heavy atom. The van der Waals surface area contributed by atoms with Gasteiger partial charge in [-0.1, -0.05) is 19.1 Å². The molecule has 1 saturated heterocycles. The summed E-state index contributed by atoms with van der Waals surface area (Å²) >= 11 is 0. The van der Waals surface area contributed by atoms with Gasteiger partial charge in [-0.05, 0) is 42.5 Å². The van der Waals surface area contributed by atoms with Crippen LogP contribution in [0.15, 0.2) is 42.9 Å². The molecule has 0 radical (unpaired) electrons. The van der Waals surface area contributed by atoms with Crippen LogP contribution >= 0.6 is 0 Å². The Labute approximate surface area is 176 Å². The van der Waals surface area contributed by atoms with Crippen molar-refractivity contribution >= 4 is 17.7 Å². The van der Waals surface area contributed by atoms with E-state index in [0.717, 1.165) is 47.6 Å². The lowest BCUT2D eigenvalue weighted by Crippen LogP contribution is -2.53. The van der Waals surface area contributed by atoms with Gasteiger partial charge in [-0.3, -0.25) is 4.68 Å². The van der Waals surface area contributed by atoms with Gasteiger partial charge in [0, 0.05) is 44.6 Å². The molecule has 8 nitrogen and oxygen atoms in total. The largest absolute Gasteiger partial charge is 0.334 e. The van der Waals surface area contributed by atoms with Gasteiger partial charge in [-0.15, -0.1) is 0 Å². The lowest BCUT2D eigenvalue weighted by molar-refractivity contribution is 0.118. The maximum Gasteiger partial charge on any atom is 0.317 e. The van der Waals surface area contributed by atoms with E-state index in [9.17, 15) is 4.79 Å². The van der Waals surface area contributed by atoms with Crippen LogP contribution in [0.3, 0.4) is 0 Å². The van der Waals surface area contributed by atoms with Crippen LogP contribution in [0.1, 0.15) is 24.5 Å². The zero-order chi connectivity index (χ0) is 21.1. The minimum absolute atomic E-state index is 0.0186. The van der Waals surface area contributed by atoms with E-state index < -0.39 is 0 Å². The standard InChI is InChI=1S/C22H27N7O/c1-4-16-12-29(13-16)22(30)24-10-18-6-5-17(9-15(18)2)20-7-8-23-21(27-20)26-19-11-25-28(3)14-19/h5-9,11,14,16H,4,10,12-13H2,1-3H3,(H,24,30)(H,23,26,27). The zero-order valence-corrected chi connectivity index (χ0v) is 17.6. The second-order valence-corrected chi connectivity index (χ2v) is 7.77. The number of amides is 2. The molecule has 3 aromatic rings. The van der Waals surface area contributed by atoms with Crippen LogP contribution in [-0.2, 0) is 13.6 Å². The number of aromatic nitrogens is 4. The summed E-state index contributed by atoms with van der Waals surface area (Å²) in [7, 11) is 1.86. The molecule has 0 aliphatic carbocycles. The highest BCUT2D eigenvalue weighted by molar-refractivity contribution is 5.75. The molecule has 8 heteroatoms. The third kappa shape index (κ3) is 4.42. The van der Waals surface area contributed by atoms with Crippen molar-refractivity contribution in [3.05, 3.63) is 54.0 Å². The lowest BCUT2D eigenvalue weighted by Gasteiger charge is -2.38. The number of urea groups is 1. The number of benzene rings is 1. The number of carbonyl (C=O) groups is 1. The second-order valence-electron chi connectivity index (χ2n) is 7.77. The average Bonchev–Trinajstić information content (AvgIpc) is 3.11. The molecule has 0 spiro atoms. The molecule has 2 aromatic heterocycles. The summed E-state index contributed by atoms with van der Waals surface area (Å²) in [5.74, 6) is 1.18. The van der Waals surface area contributed by atoms with Crippen LogP contribution < -0.4 is 10.6 Å². The minimum atomic E-state index is 0.0186. The third-order valence-corrected chi connectivity index (χ3v) is 5.51. The molecule has 2 N–H and O–H groups in total. The number of carbonyl (C=O) groups excluding carboxylic acids is 1. The van der Waals surface area contributed by atoms with E-state index in [-0.39, 0.29) is 6.03 Å². The summed E-state index contributed by atoms with van der Waals surface area (Å²) < 4.78 is 1.72. The predicted octanol–water partition coefficient (Wildman–Crippen LogP) is 3.48. The van der Waals surface area contributed by atoms with Crippen LogP contribution in [0.4, 0.5) is 16.4 Å². The zero-order valence-electron chi connectivity index (χ0n) is 17.6. The van der Waals surface area contributed by atoms with E-state index in [2.05, 4.69) is 45.6 Å². The van der Waals surface area contributed by atoms with Crippen molar-refractivity contribution in [1.82, 2.24) is 30.0 Å². The molecule has 156 valence electrons. The van der Waals surface area contributed by atoms with Crippen molar-refractivity contribution in [1.29, 1.82) is 0 Å². The van der Waals surface area contributed by atoms with Crippen LogP contribution in [0.2, 0.25) is 0 Å². The Hall–Kier alpha value is -3.42. The van der Waals surface area contributed by atoms with Gasteiger partial charge in [-0.2, -0.15) is 5.10 Å². The Balaban J connectivity index is 1.40. The maximum atomic E-state index is 12.2. The number of rotatable bonds is 6. The molecule has 0 unspecified atom stereocenters. The predicted molar refractivity (Wildman–Crippen MR) is 116 cm³/mol. The monoisotopic (exact) mass is 405 g/mol. The summed E-state index contributed by atoms with van der Waals surface area (Å²) in [6, 6.07) is 8.07. The number of nitrogens with one attached hydrogen (secondary N) is 2. The van der Waals surface area contributed by atoms with E-state index in [0.29, 0.717) is 18.4 Å². The number of hydrogen-bond donors (Lipinski definition) is 2. The first kappa shape index (κ1) is 19.9. The van der Waals surface area contributed by atoms with Crippen molar-refractivity contribution in [2.75, 3.05) is 18.4 Å². The Morgan fingerprint density at radius 2 is 2.10 bits per heavy atom. The first-order valence-electron chi connectivity index (χ1n) is 10.2. The van der Waals surface area contributed by atoms with Gasteiger partial charge in [0.25, 0.3) is 0 Å². The maximum absolute atomic E-state index is 12.2. The van der Waals surface area contributed by atoms with Crippen molar-refractivity contribution in [3.8, 4) is 11.3 Å². The van der Waals surface area contributed by atoms with Crippen LogP contribution in [0.25, 0.3) is 11.3 Å². The SMILES string of the molecule is CCC1CN(C(=O)NCc2ccc(-c3ccnc(Nc4cnn(C)c4)n3)cc2C)C1. The van der Waals surface area contributed by atoms with Gasteiger partial charge < -0.3 is 15.5 Å². The molecule has 1 aliphatic heterocycles. The van der Waals surface area contributed by atoms with Crippen molar-refractivity contribution in [3.63, 3.8) is 0 Å². The first-order valence-corrected chi connectivity index (χ1v) is 10.2. The molecule has 1 aromatic carbocycles. The van der Waals surface area contributed by atoms with Gasteiger partial charge in [0.1, 0.15) is 0 Å². The van der Waals surface area contributed by atoms with E-state index in [4.69, 9.17) is 0 Å². The molecule has 1 fully saturated rings. The van der Waals surface area contributed by atoms with Crippen molar-refractivity contribution in [2.45, 2.75) is 26.8 Å². The number of nitrogens with zero attached hydrogens (tertiary/aromatic N) is 5. The molecule has 1 aliphatic rings. The smallest absolute Gasteiger partial charge is 0.317 e. The van der Waals surface area contributed by atoms with E-state index in [1.54, 1.807) is 17.1 Å². The summed E-state index contributed by atoms with van der Waals surface area (Å²) in [5, 5.41) is 10.3. The summed E-state index contributed by atoms with van der Waals surface area (Å²) in [6.07, 6.45) is 6.46. The summed E-state index contributed by atoms with van der Waals surface area (Å²) in [5.41, 5.74) is 4.89. The number of hydrogen-bond acceptors (Lipinski definition) is 5. The Kier molecular flexibility index (Phi) is 5.65. The number of anilines is 2. The van der Waals surface area contributed by atoms with Crippen LogP contribution in [-0.4, -0.2) is 43.8 Å². The molecule has 4 rings (SSSR count). The summed E-state index contributed by atoms with van der Waals surface area (Å²) in [4.78, 5) is 23.0. The van der Waals surface area contributed by atoms with Gasteiger partial charge in [-0.25, -0.2) is 14.8 Å². The average molecular weight is 406 g/mol. The fourth-order valence-electron chi connectivity index (χ4n) is 3.52. The van der Waals surface area contributed by atoms with Crippen molar-refractivity contribution in [2.24, 2.45) is 13.0 Å². The first-order chi connectivity index (χ1) is 14.5. The highest BCUT2D eigenvalue weighted by Crippen LogP contribution is 2.23. The fourth-order valence-corrected chi connectivity index (χ4v) is 3.52. The highest BCUT2D eigenvalue weighted by Gasteiger charge is 2.28. The fraction of sp³-hybridized carbons (Fsp3) is 0.364. The van der Waals surface area contributed by atoms with Gasteiger partial charge >= 0.3 is 6.03 Å². The third-order valence-electron chi connectivity index (χ3n) is 5.51. The molecular weight excluding hydrogens is 378 g/mol. The normalized spacial score (nSPS) is 13.8.